The fraction of sp³-hybridized carbons (Fsp3) is 0.0667. The number of hydrogen-bond donors (Lipinski definition) is 2. The number of anilines is 1. The molecule has 1 unspecified atom stereocenters. The SMILES string of the molecule is O=C1CC(=Nc2ccc(S(=O)O)cc2)NN1c1c(Cl)cc(Cl)cc1Cl. The number of nitrogens with one attached hydrogen (secondary N) is 1. The molecule has 1 saturated heterocycles. The summed E-state index contributed by atoms with van der Waals surface area (Å²) in [6.45, 7) is 0. The van der Waals surface area contributed by atoms with Gasteiger partial charge in [-0.05, 0) is 36.4 Å². The topological polar surface area (TPSA) is 82.0 Å². The van der Waals surface area contributed by atoms with E-state index < -0.39 is 11.1 Å². The number of amidine groups is 1. The summed E-state index contributed by atoms with van der Waals surface area (Å²) in [6.07, 6.45) is 0.0307. The molecule has 130 valence electrons. The van der Waals surface area contributed by atoms with Gasteiger partial charge in [-0.25, -0.2) is 14.2 Å². The highest BCUT2D eigenvalue weighted by molar-refractivity contribution is 7.79. The highest BCUT2D eigenvalue weighted by Gasteiger charge is 2.30. The van der Waals surface area contributed by atoms with Crippen LogP contribution in [0, 0.1) is 0 Å². The normalized spacial score (nSPS) is 17.0. The molecule has 1 fully saturated rings. The molecule has 0 bridgehead atoms. The van der Waals surface area contributed by atoms with Crippen LogP contribution in [0.15, 0.2) is 46.3 Å². The minimum Gasteiger partial charge on any atom is -0.302 e. The van der Waals surface area contributed by atoms with E-state index in [1.807, 2.05) is 0 Å². The Kier molecular flexibility index (Phi) is 5.31. The third-order valence-electron chi connectivity index (χ3n) is 3.32. The molecule has 1 heterocycles. The molecule has 25 heavy (non-hydrogen) atoms. The van der Waals surface area contributed by atoms with Gasteiger partial charge in [0, 0.05) is 5.02 Å². The van der Waals surface area contributed by atoms with Crippen molar-refractivity contribution in [3.63, 3.8) is 0 Å². The number of hydrogen-bond acceptors (Lipinski definition) is 3. The predicted octanol–water partition coefficient (Wildman–Crippen LogP) is 4.20. The molecule has 0 aromatic heterocycles. The number of hydrazine groups is 1. The van der Waals surface area contributed by atoms with Crippen molar-refractivity contribution < 1.29 is 13.6 Å². The second-order valence-corrected chi connectivity index (χ2v) is 7.26. The first-order valence-corrected chi connectivity index (χ1v) is 9.12. The number of nitrogens with zero attached hydrogens (tertiary/aromatic N) is 2. The first kappa shape index (κ1) is 18.2. The molecule has 2 aromatic carbocycles. The van der Waals surface area contributed by atoms with Gasteiger partial charge in [-0.1, -0.05) is 34.8 Å². The fourth-order valence-corrected chi connectivity index (χ4v) is 3.59. The molecule has 0 aliphatic carbocycles. The van der Waals surface area contributed by atoms with Gasteiger partial charge in [-0.15, -0.1) is 0 Å². The van der Waals surface area contributed by atoms with Crippen molar-refractivity contribution in [3.8, 4) is 0 Å². The molecular weight excluding hydrogens is 409 g/mol. The molecule has 1 amide bonds. The van der Waals surface area contributed by atoms with Crippen molar-refractivity contribution in [1.29, 1.82) is 0 Å². The third kappa shape index (κ3) is 3.96. The molecule has 1 aliphatic heterocycles. The summed E-state index contributed by atoms with van der Waals surface area (Å²) in [7, 11) is 0. The van der Waals surface area contributed by atoms with Gasteiger partial charge >= 0.3 is 0 Å². The van der Waals surface area contributed by atoms with Crippen molar-refractivity contribution in [2.75, 3.05) is 5.01 Å². The van der Waals surface area contributed by atoms with Crippen LogP contribution in [-0.4, -0.2) is 20.5 Å². The number of rotatable bonds is 3. The second kappa shape index (κ2) is 7.31. The van der Waals surface area contributed by atoms with Crippen LogP contribution in [0.3, 0.4) is 0 Å². The van der Waals surface area contributed by atoms with E-state index in [-0.39, 0.29) is 27.3 Å². The number of benzene rings is 2. The summed E-state index contributed by atoms with van der Waals surface area (Å²) in [5.41, 5.74) is 3.68. The smallest absolute Gasteiger partial charge is 0.253 e. The minimum absolute atomic E-state index is 0.0307. The Morgan fingerprint density at radius 2 is 1.72 bits per heavy atom. The van der Waals surface area contributed by atoms with Gasteiger partial charge in [0.05, 0.1) is 27.0 Å². The van der Waals surface area contributed by atoms with Crippen molar-refractivity contribution in [3.05, 3.63) is 51.5 Å². The van der Waals surface area contributed by atoms with Crippen LogP contribution in [0.25, 0.3) is 0 Å². The maximum Gasteiger partial charge on any atom is 0.253 e. The summed E-state index contributed by atoms with van der Waals surface area (Å²) < 4.78 is 20.0. The van der Waals surface area contributed by atoms with Crippen LogP contribution in [0.1, 0.15) is 6.42 Å². The molecule has 2 N–H and O–H groups in total. The van der Waals surface area contributed by atoms with Crippen molar-refractivity contribution in [2.24, 2.45) is 4.99 Å². The average molecular weight is 419 g/mol. The Bertz CT molecular complexity index is 880. The van der Waals surface area contributed by atoms with E-state index in [1.54, 1.807) is 12.1 Å². The van der Waals surface area contributed by atoms with E-state index in [0.717, 1.165) is 0 Å². The number of aliphatic imine (C=N–C) groups is 1. The number of carbonyl (C=O) groups is 1. The van der Waals surface area contributed by atoms with Gasteiger partial charge in [-0.2, -0.15) is 0 Å². The van der Waals surface area contributed by atoms with Gasteiger partial charge in [-0.3, -0.25) is 10.2 Å². The quantitative estimate of drug-likeness (QED) is 0.732. The first-order chi connectivity index (χ1) is 11.8. The molecule has 0 radical (unpaired) electrons. The monoisotopic (exact) mass is 417 g/mol. The van der Waals surface area contributed by atoms with Gasteiger partial charge < -0.3 is 4.55 Å². The molecule has 3 rings (SSSR count). The molecule has 10 heteroatoms. The maximum absolute atomic E-state index is 12.3. The van der Waals surface area contributed by atoms with E-state index >= 15 is 0 Å². The first-order valence-electron chi connectivity index (χ1n) is 6.88. The molecule has 0 saturated carbocycles. The predicted molar refractivity (Wildman–Crippen MR) is 99.3 cm³/mol. The Balaban J connectivity index is 1.86. The standard InChI is InChI=1S/C15H10Cl3N3O3S/c16-8-5-11(17)15(12(18)6-8)21-14(22)7-13(20-21)19-9-1-3-10(4-2-9)25(23)24/h1-6H,7H2,(H,19,20)(H,23,24). The molecular formula is C15H10Cl3N3O3S. The molecule has 2 aromatic rings. The van der Waals surface area contributed by atoms with Gasteiger partial charge in [0.1, 0.15) is 11.5 Å². The Labute approximate surface area is 160 Å². The largest absolute Gasteiger partial charge is 0.302 e. The third-order valence-corrected chi connectivity index (χ3v) is 4.79. The Hall–Kier alpha value is -1.64. The van der Waals surface area contributed by atoms with Crippen LogP contribution in [-0.2, 0) is 15.9 Å². The highest BCUT2D eigenvalue weighted by atomic mass is 35.5. The van der Waals surface area contributed by atoms with E-state index in [9.17, 15) is 9.00 Å². The number of halogens is 3. The summed E-state index contributed by atoms with van der Waals surface area (Å²) >= 11 is 16.1. The van der Waals surface area contributed by atoms with E-state index in [2.05, 4.69) is 10.4 Å². The lowest BCUT2D eigenvalue weighted by Crippen LogP contribution is -2.36. The zero-order chi connectivity index (χ0) is 18.1. The zero-order valence-corrected chi connectivity index (χ0v) is 15.5. The fourth-order valence-electron chi connectivity index (χ4n) is 2.24. The molecule has 6 nitrogen and oxygen atoms in total. The molecule has 1 atom stereocenters. The maximum atomic E-state index is 12.3. The van der Waals surface area contributed by atoms with E-state index in [0.29, 0.717) is 22.2 Å². The van der Waals surface area contributed by atoms with Crippen molar-refractivity contribution in [2.45, 2.75) is 11.3 Å². The van der Waals surface area contributed by atoms with E-state index in [1.165, 1.54) is 29.3 Å². The van der Waals surface area contributed by atoms with Crippen LogP contribution in [0.2, 0.25) is 15.1 Å². The second-order valence-electron chi connectivity index (χ2n) is 5.04. The highest BCUT2D eigenvalue weighted by Crippen LogP contribution is 2.37. The van der Waals surface area contributed by atoms with Crippen LogP contribution in [0.4, 0.5) is 11.4 Å². The van der Waals surface area contributed by atoms with Gasteiger partial charge in [0.25, 0.3) is 5.91 Å². The Morgan fingerprint density at radius 1 is 1.12 bits per heavy atom. The lowest BCUT2D eigenvalue weighted by atomic mass is 10.3. The summed E-state index contributed by atoms with van der Waals surface area (Å²) in [6, 6.07) is 9.10. The molecule has 1 aliphatic rings. The minimum atomic E-state index is -2.05. The van der Waals surface area contributed by atoms with Gasteiger partial charge in [0.15, 0.2) is 11.1 Å². The number of amides is 1. The summed E-state index contributed by atoms with van der Waals surface area (Å²) in [4.78, 5) is 16.8. The van der Waals surface area contributed by atoms with Gasteiger partial charge in [0.2, 0.25) is 0 Å². The van der Waals surface area contributed by atoms with Crippen LogP contribution in [0.5, 0.6) is 0 Å². The Morgan fingerprint density at radius 3 is 2.28 bits per heavy atom. The lowest BCUT2D eigenvalue weighted by molar-refractivity contribution is -0.116. The van der Waals surface area contributed by atoms with Crippen LogP contribution >= 0.6 is 34.8 Å². The van der Waals surface area contributed by atoms with E-state index in [4.69, 9.17) is 39.4 Å². The number of carbonyl (C=O) groups excluding carboxylic acids is 1. The average Bonchev–Trinajstić information content (AvgIpc) is 2.87. The zero-order valence-electron chi connectivity index (χ0n) is 12.4. The molecule has 0 spiro atoms. The summed E-state index contributed by atoms with van der Waals surface area (Å²) in [5.74, 6) is 0.114. The van der Waals surface area contributed by atoms with Crippen molar-refractivity contribution >= 4 is 69.0 Å². The lowest BCUT2D eigenvalue weighted by Gasteiger charge is -2.19. The van der Waals surface area contributed by atoms with Crippen molar-refractivity contribution in [1.82, 2.24) is 5.43 Å². The van der Waals surface area contributed by atoms with Crippen LogP contribution < -0.4 is 10.4 Å². The summed E-state index contributed by atoms with van der Waals surface area (Å²) in [5, 5.41) is 2.04.